The number of nitrogens with two attached hydrogens (primary N) is 1. The maximum Gasteiger partial charge on any atom is 1.00 e. The summed E-state index contributed by atoms with van der Waals surface area (Å²) in [5.74, 6) is -0.308. The summed E-state index contributed by atoms with van der Waals surface area (Å²) in [7, 11) is -4.02. The van der Waals surface area contributed by atoms with Gasteiger partial charge >= 0.3 is 35.5 Å². The number of rotatable bonds is 7. The zero-order chi connectivity index (χ0) is 20.3. The van der Waals surface area contributed by atoms with Crippen LogP contribution in [-0.2, 0) is 26.3 Å². The van der Waals surface area contributed by atoms with Crippen LogP contribution in [0.5, 0.6) is 0 Å². The van der Waals surface area contributed by atoms with Crippen molar-refractivity contribution in [3.8, 4) is 0 Å². The molecular formula is C20H28NNaO5S. The Morgan fingerprint density at radius 3 is 2.21 bits per heavy atom. The third kappa shape index (κ3) is 10.9. The molecular weight excluding hydrogens is 389 g/mol. The Hall–Kier alpha value is -1.22. The van der Waals surface area contributed by atoms with Crippen molar-refractivity contribution >= 4 is 16.1 Å². The van der Waals surface area contributed by atoms with Crippen molar-refractivity contribution in [2.24, 2.45) is 5.73 Å². The van der Waals surface area contributed by atoms with Gasteiger partial charge in [-0.15, -0.1) is 0 Å². The summed E-state index contributed by atoms with van der Waals surface area (Å²) >= 11 is 0. The number of unbranched alkanes of at least 4 members (excludes halogenated alkanes) is 1. The zero-order valence-corrected chi connectivity index (χ0v) is 19.5. The molecule has 150 valence electrons. The molecule has 0 radical (unpaired) electrons. The van der Waals surface area contributed by atoms with Gasteiger partial charge in [0.2, 0.25) is 0 Å². The van der Waals surface area contributed by atoms with E-state index in [2.05, 4.69) is 6.92 Å². The molecule has 0 saturated carbocycles. The number of carbonyl (C=O) groups excluding carboxylic acids is 1. The van der Waals surface area contributed by atoms with Gasteiger partial charge in [-0.3, -0.25) is 9.35 Å². The first-order valence-corrected chi connectivity index (χ1v) is 10.2. The molecule has 0 aliphatic carbocycles. The average molecular weight is 418 g/mol. The Kier molecular flexibility index (Phi) is 13.3. The summed E-state index contributed by atoms with van der Waals surface area (Å²) in [5.41, 5.74) is 7.63. The molecule has 3 N–H and O–H groups in total. The average Bonchev–Trinajstić information content (AvgIpc) is 2.65. The topological polar surface area (TPSA) is 107 Å². The Balaban J connectivity index is 0. The number of carbonyl (C=O) groups is 1. The van der Waals surface area contributed by atoms with E-state index in [1.54, 1.807) is 12.1 Å². The second-order valence-electron chi connectivity index (χ2n) is 6.13. The minimum absolute atomic E-state index is 0. The first-order valence-electron chi connectivity index (χ1n) is 8.74. The van der Waals surface area contributed by atoms with E-state index >= 15 is 0 Å². The summed E-state index contributed by atoms with van der Waals surface area (Å²) in [6, 6.07) is 15.1. The molecule has 0 spiro atoms. The largest absolute Gasteiger partial charge is 1.00 e. The van der Waals surface area contributed by atoms with Crippen LogP contribution in [0.4, 0.5) is 0 Å². The SMILES string of the molecule is CCCC[C@H](N)C(=O)OCc1ccccc1.Cc1ccc(S(=O)(=O)O)cc1.[H-].[Na+]. The molecule has 0 aliphatic heterocycles. The second kappa shape index (κ2) is 13.9. The van der Waals surface area contributed by atoms with Crippen LogP contribution in [0.3, 0.4) is 0 Å². The van der Waals surface area contributed by atoms with E-state index in [1.807, 2.05) is 37.3 Å². The molecule has 8 heteroatoms. The quantitative estimate of drug-likeness (QED) is 0.388. The van der Waals surface area contributed by atoms with Gasteiger partial charge in [-0.25, -0.2) is 0 Å². The van der Waals surface area contributed by atoms with E-state index in [-0.39, 0.29) is 41.8 Å². The molecule has 0 bridgehead atoms. The van der Waals surface area contributed by atoms with E-state index in [0.29, 0.717) is 13.0 Å². The number of hydrogen-bond donors (Lipinski definition) is 2. The van der Waals surface area contributed by atoms with Crippen LogP contribution in [0.2, 0.25) is 0 Å². The fourth-order valence-corrected chi connectivity index (χ4v) is 2.57. The zero-order valence-electron chi connectivity index (χ0n) is 17.7. The number of hydrogen-bond acceptors (Lipinski definition) is 5. The van der Waals surface area contributed by atoms with Crippen LogP contribution in [0, 0.1) is 6.92 Å². The van der Waals surface area contributed by atoms with Gasteiger partial charge in [-0.05, 0) is 31.0 Å². The molecule has 0 unspecified atom stereocenters. The molecule has 2 aromatic rings. The van der Waals surface area contributed by atoms with E-state index in [9.17, 15) is 13.2 Å². The summed E-state index contributed by atoms with van der Waals surface area (Å²) in [6.45, 7) is 4.22. The Labute approximate surface area is 191 Å². The Bertz CT molecular complexity index is 801. The fourth-order valence-electron chi connectivity index (χ4n) is 2.09. The van der Waals surface area contributed by atoms with Crippen LogP contribution >= 0.6 is 0 Å². The first kappa shape index (κ1) is 26.8. The Morgan fingerprint density at radius 1 is 1.14 bits per heavy atom. The van der Waals surface area contributed by atoms with Gasteiger partial charge in [0.15, 0.2) is 0 Å². The van der Waals surface area contributed by atoms with Crippen molar-refractivity contribution < 1.29 is 53.5 Å². The Morgan fingerprint density at radius 2 is 1.71 bits per heavy atom. The van der Waals surface area contributed by atoms with Crippen molar-refractivity contribution in [2.75, 3.05) is 0 Å². The standard InChI is InChI=1S/C13H19NO2.C7H8O3S.Na.H/c1-2-3-9-12(14)13(15)16-10-11-7-5-4-6-8-11;1-6-2-4-7(5-3-6)11(8,9)10;;/h4-8,12H,2-3,9-10,14H2,1H3;2-5H,1H3,(H,8,9,10);;/q;;+1;-1/t12-;;;/m0.../s1. The summed E-state index contributed by atoms with van der Waals surface area (Å²) in [5, 5.41) is 0. The van der Waals surface area contributed by atoms with Gasteiger partial charge in [-0.2, -0.15) is 8.42 Å². The molecule has 0 aliphatic rings. The molecule has 2 aromatic carbocycles. The molecule has 2 rings (SSSR count). The summed E-state index contributed by atoms with van der Waals surface area (Å²) < 4.78 is 34.7. The van der Waals surface area contributed by atoms with Crippen LogP contribution < -0.4 is 35.3 Å². The number of ether oxygens (including phenoxy) is 1. The van der Waals surface area contributed by atoms with Crippen molar-refractivity contribution in [1.29, 1.82) is 0 Å². The summed E-state index contributed by atoms with van der Waals surface area (Å²) in [6.07, 6.45) is 2.70. The van der Waals surface area contributed by atoms with Crippen molar-refractivity contribution in [3.05, 3.63) is 65.7 Å². The maximum atomic E-state index is 11.5. The van der Waals surface area contributed by atoms with Crippen molar-refractivity contribution in [3.63, 3.8) is 0 Å². The van der Waals surface area contributed by atoms with Gasteiger partial charge in [-0.1, -0.05) is 67.8 Å². The smallest absolute Gasteiger partial charge is 1.00 e. The maximum absolute atomic E-state index is 11.5. The number of aryl methyl sites for hydroxylation is 1. The van der Waals surface area contributed by atoms with Crippen LogP contribution in [0.1, 0.15) is 38.7 Å². The fraction of sp³-hybridized carbons (Fsp3) is 0.350. The number of esters is 1. The molecule has 28 heavy (non-hydrogen) atoms. The van der Waals surface area contributed by atoms with Crippen molar-refractivity contribution in [2.45, 2.75) is 50.7 Å². The minimum Gasteiger partial charge on any atom is -1.00 e. The van der Waals surface area contributed by atoms with Crippen molar-refractivity contribution in [1.82, 2.24) is 0 Å². The molecule has 0 amide bonds. The van der Waals surface area contributed by atoms with E-state index in [0.717, 1.165) is 24.0 Å². The minimum atomic E-state index is -4.02. The van der Waals surface area contributed by atoms with Gasteiger partial charge in [0.05, 0.1) is 4.90 Å². The summed E-state index contributed by atoms with van der Waals surface area (Å²) in [4.78, 5) is 11.4. The predicted octanol–water partition coefficient (Wildman–Crippen LogP) is 0.606. The van der Waals surface area contributed by atoms with E-state index in [4.69, 9.17) is 15.0 Å². The van der Waals surface area contributed by atoms with Gasteiger partial charge in [0.1, 0.15) is 12.6 Å². The second-order valence-corrected chi connectivity index (χ2v) is 7.55. The first-order chi connectivity index (χ1) is 12.7. The molecule has 0 heterocycles. The normalized spacial score (nSPS) is 11.4. The van der Waals surface area contributed by atoms with Gasteiger partial charge in [0, 0.05) is 0 Å². The van der Waals surface area contributed by atoms with Gasteiger partial charge < -0.3 is 11.9 Å². The van der Waals surface area contributed by atoms with Gasteiger partial charge in [0.25, 0.3) is 10.1 Å². The molecule has 6 nitrogen and oxygen atoms in total. The van der Waals surface area contributed by atoms with E-state index < -0.39 is 16.2 Å². The molecule has 0 fully saturated rings. The van der Waals surface area contributed by atoms with Crippen LogP contribution in [-0.4, -0.2) is 25.0 Å². The third-order valence-corrected chi connectivity index (χ3v) is 4.58. The van der Waals surface area contributed by atoms with Crippen LogP contribution in [0.15, 0.2) is 59.5 Å². The molecule has 0 saturated heterocycles. The number of benzene rings is 2. The molecule has 1 atom stereocenters. The molecule has 0 aromatic heterocycles. The predicted molar refractivity (Wildman–Crippen MR) is 106 cm³/mol. The third-order valence-electron chi connectivity index (χ3n) is 3.71. The van der Waals surface area contributed by atoms with E-state index in [1.165, 1.54) is 12.1 Å². The van der Waals surface area contributed by atoms with Crippen LogP contribution in [0.25, 0.3) is 0 Å². The monoisotopic (exact) mass is 417 g/mol.